The number of rotatable bonds is 4. The molecular formula is C23H20N4O. The summed E-state index contributed by atoms with van der Waals surface area (Å²) in [6, 6.07) is 16.9. The highest BCUT2D eigenvalue weighted by molar-refractivity contribution is 6.09. The zero-order valence-corrected chi connectivity index (χ0v) is 15.4. The Labute approximate surface area is 162 Å². The molecule has 2 N–H and O–H groups in total. The van der Waals surface area contributed by atoms with Gasteiger partial charge in [0.2, 0.25) is 0 Å². The Hall–Kier alpha value is -3.47. The lowest BCUT2D eigenvalue weighted by Crippen LogP contribution is -2.12. The Kier molecular flexibility index (Phi) is 3.93. The molecule has 5 rings (SSSR count). The molecule has 1 saturated carbocycles. The van der Waals surface area contributed by atoms with E-state index in [0.717, 1.165) is 35.4 Å². The topological polar surface area (TPSA) is 73.3 Å². The normalized spacial score (nSPS) is 14.1. The zero-order valence-electron chi connectivity index (χ0n) is 15.4. The number of imidazole rings is 1. The molecule has 0 aliphatic heterocycles. The van der Waals surface area contributed by atoms with E-state index in [1.165, 1.54) is 6.42 Å². The number of carbonyl (C=O) groups is 1. The SMILES string of the molecule is Nc1nccn2c(C3CCC3)nc(-c3ccc(C(=O)c4ccccc4)cc3)c12. The van der Waals surface area contributed by atoms with Crippen molar-refractivity contribution in [2.75, 3.05) is 5.73 Å². The van der Waals surface area contributed by atoms with E-state index < -0.39 is 0 Å². The van der Waals surface area contributed by atoms with E-state index in [-0.39, 0.29) is 5.78 Å². The van der Waals surface area contributed by atoms with E-state index in [1.807, 2.05) is 60.8 Å². The van der Waals surface area contributed by atoms with Crippen LogP contribution in [0.4, 0.5) is 5.82 Å². The highest BCUT2D eigenvalue weighted by Gasteiger charge is 2.26. The Bertz CT molecular complexity index is 1160. The number of ketones is 1. The Morgan fingerprint density at radius 3 is 2.39 bits per heavy atom. The van der Waals surface area contributed by atoms with E-state index in [1.54, 1.807) is 6.20 Å². The number of nitrogen functional groups attached to an aromatic ring is 1. The van der Waals surface area contributed by atoms with Crippen LogP contribution < -0.4 is 5.73 Å². The van der Waals surface area contributed by atoms with Gasteiger partial charge in [-0.25, -0.2) is 9.97 Å². The number of anilines is 1. The number of nitrogens with two attached hydrogens (primary N) is 1. The number of hydrogen-bond acceptors (Lipinski definition) is 4. The standard InChI is InChI=1S/C23H20N4O/c24-22-20-19(26-23(18-7-4-8-18)27(20)14-13-25-22)15-9-11-17(12-10-15)21(28)16-5-2-1-3-6-16/h1-3,5-6,9-14,18H,4,7-8H2,(H2,24,25). The fourth-order valence-corrected chi connectivity index (χ4v) is 3.78. The van der Waals surface area contributed by atoms with Crippen LogP contribution in [0.25, 0.3) is 16.8 Å². The number of nitrogens with zero attached hydrogens (tertiary/aromatic N) is 3. The van der Waals surface area contributed by atoms with Crippen molar-refractivity contribution in [1.29, 1.82) is 0 Å². The minimum Gasteiger partial charge on any atom is -0.382 e. The number of aromatic nitrogens is 3. The summed E-state index contributed by atoms with van der Waals surface area (Å²) in [7, 11) is 0. The molecular weight excluding hydrogens is 348 g/mol. The fourth-order valence-electron chi connectivity index (χ4n) is 3.78. The van der Waals surface area contributed by atoms with Gasteiger partial charge >= 0.3 is 0 Å². The average Bonchev–Trinajstić information content (AvgIpc) is 3.07. The van der Waals surface area contributed by atoms with Crippen LogP contribution in [0.5, 0.6) is 0 Å². The van der Waals surface area contributed by atoms with Gasteiger partial charge in [-0.3, -0.25) is 9.20 Å². The highest BCUT2D eigenvalue weighted by atomic mass is 16.1. The molecule has 138 valence electrons. The minimum absolute atomic E-state index is 0.0122. The van der Waals surface area contributed by atoms with Crippen molar-refractivity contribution in [3.05, 3.63) is 83.9 Å². The quantitative estimate of drug-likeness (QED) is 0.539. The molecule has 0 atom stereocenters. The molecule has 0 unspecified atom stereocenters. The lowest BCUT2D eigenvalue weighted by molar-refractivity contribution is 0.103. The van der Waals surface area contributed by atoms with E-state index in [2.05, 4.69) is 9.38 Å². The molecule has 0 radical (unpaired) electrons. The maximum atomic E-state index is 12.7. The molecule has 0 saturated heterocycles. The second kappa shape index (κ2) is 6.60. The molecule has 5 heteroatoms. The van der Waals surface area contributed by atoms with Crippen molar-refractivity contribution < 1.29 is 4.79 Å². The van der Waals surface area contributed by atoms with Gasteiger partial charge in [0.1, 0.15) is 22.9 Å². The third kappa shape index (κ3) is 2.67. The third-order valence-electron chi connectivity index (χ3n) is 5.54. The predicted octanol–water partition coefficient (Wildman–Crippen LogP) is 4.48. The predicted molar refractivity (Wildman–Crippen MR) is 109 cm³/mol. The number of carbonyl (C=O) groups excluding carboxylic acids is 1. The van der Waals surface area contributed by atoms with Crippen molar-refractivity contribution in [2.45, 2.75) is 25.2 Å². The van der Waals surface area contributed by atoms with Gasteiger partial charge in [0.15, 0.2) is 5.78 Å². The van der Waals surface area contributed by atoms with Crippen LogP contribution in [0, 0.1) is 0 Å². The maximum absolute atomic E-state index is 12.7. The van der Waals surface area contributed by atoms with E-state index >= 15 is 0 Å². The lowest BCUT2D eigenvalue weighted by Gasteiger charge is -2.23. The lowest BCUT2D eigenvalue weighted by atomic mass is 9.85. The number of hydrogen-bond donors (Lipinski definition) is 1. The van der Waals surface area contributed by atoms with E-state index in [9.17, 15) is 4.79 Å². The van der Waals surface area contributed by atoms with Crippen LogP contribution in [0.3, 0.4) is 0 Å². The van der Waals surface area contributed by atoms with Crippen molar-refractivity contribution >= 4 is 17.1 Å². The molecule has 1 fully saturated rings. The summed E-state index contributed by atoms with van der Waals surface area (Å²) in [6.07, 6.45) is 7.21. The average molecular weight is 368 g/mol. The molecule has 2 heterocycles. The number of benzene rings is 2. The van der Waals surface area contributed by atoms with Crippen LogP contribution in [0.2, 0.25) is 0 Å². The summed E-state index contributed by atoms with van der Waals surface area (Å²) in [5.41, 5.74) is 10.1. The smallest absolute Gasteiger partial charge is 0.193 e. The Morgan fingerprint density at radius 2 is 1.71 bits per heavy atom. The summed E-state index contributed by atoms with van der Waals surface area (Å²) in [4.78, 5) is 21.8. The molecule has 1 aliphatic carbocycles. The van der Waals surface area contributed by atoms with Gasteiger partial charge in [-0.1, -0.05) is 61.0 Å². The molecule has 0 bridgehead atoms. The van der Waals surface area contributed by atoms with Gasteiger partial charge in [0.05, 0.1) is 0 Å². The summed E-state index contributed by atoms with van der Waals surface area (Å²) < 4.78 is 2.07. The minimum atomic E-state index is 0.0122. The summed E-state index contributed by atoms with van der Waals surface area (Å²) in [5, 5.41) is 0. The van der Waals surface area contributed by atoms with Gasteiger partial charge in [-0.2, -0.15) is 0 Å². The highest BCUT2D eigenvalue weighted by Crippen LogP contribution is 2.39. The first-order chi connectivity index (χ1) is 13.7. The molecule has 2 aromatic carbocycles. The number of fused-ring (bicyclic) bond motifs is 1. The van der Waals surface area contributed by atoms with Crippen molar-refractivity contribution in [2.24, 2.45) is 0 Å². The molecule has 5 nitrogen and oxygen atoms in total. The molecule has 28 heavy (non-hydrogen) atoms. The van der Waals surface area contributed by atoms with Crippen molar-refractivity contribution in [3.63, 3.8) is 0 Å². The second-order valence-corrected chi connectivity index (χ2v) is 7.25. The Balaban J connectivity index is 1.56. The van der Waals surface area contributed by atoms with Gasteiger partial charge < -0.3 is 5.73 Å². The monoisotopic (exact) mass is 368 g/mol. The van der Waals surface area contributed by atoms with E-state index in [4.69, 9.17) is 10.7 Å². The molecule has 2 aromatic heterocycles. The van der Waals surface area contributed by atoms with Gasteiger partial charge in [0.25, 0.3) is 0 Å². The van der Waals surface area contributed by atoms with Crippen molar-refractivity contribution in [1.82, 2.24) is 14.4 Å². The maximum Gasteiger partial charge on any atom is 0.193 e. The zero-order chi connectivity index (χ0) is 19.1. The Morgan fingerprint density at radius 1 is 1.00 bits per heavy atom. The first-order valence-corrected chi connectivity index (χ1v) is 9.55. The molecule has 0 amide bonds. The van der Waals surface area contributed by atoms with Crippen LogP contribution in [0.15, 0.2) is 67.0 Å². The molecule has 4 aromatic rings. The second-order valence-electron chi connectivity index (χ2n) is 7.25. The van der Waals surface area contributed by atoms with Crippen molar-refractivity contribution in [3.8, 4) is 11.3 Å². The first kappa shape index (κ1) is 16.7. The third-order valence-corrected chi connectivity index (χ3v) is 5.54. The van der Waals surface area contributed by atoms with E-state index in [0.29, 0.717) is 22.9 Å². The summed E-state index contributed by atoms with van der Waals surface area (Å²) >= 11 is 0. The molecule has 1 aliphatic rings. The van der Waals surface area contributed by atoms with Crippen LogP contribution in [-0.4, -0.2) is 20.2 Å². The van der Waals surface area contributed by atoms with Gasteiger partial charge in [-0.15, -0.1) is 0 Å². The van der Waals surface area contributed by atoms with Crippen LogP contribution in [-0.2, 0) is 0 Å². The van der Waals surface area contributed by atoms with Crippen LogP contribution in [0.1, 0.15) is 46.9 Å². The molecule has 0 spiro atoms. The summed E-state index contributed by atoms with van der Waals surface area (Å²) in [6.45, 7) is 0. The van der Waals surface area contributed by atoms with Crippen LogP contribution >= 0.6 is 0 Å². The van der Waals surface area contributed by atoms with Gasteiger partial charge in [-0.05, 0) is 12.8 Å². The largest absolute Gasteiger partial charge is 0.382 e. The van der Waals surface area contributed by atoms with Gasteiger partial charge in [0, 0.05) is 35.0 Å². The first-order valence-electron chi connectivity index (χ1n) is 9.55. The fraction of sp³-hybridized carbons (Fsp3) is 0.174. The summed E-state index contributed by atoms with van der Waals surface area (Å²) in [5.74, 6) is 2.01.